The molecule has 0 spiro atoms. The quantitative estimate of drug-likeness (QED) is 0.769. The maximum atomic E-state index is 11.9. The van der Waals surface area contributed by atoms with Crippen molar-refractivity contribution in [1.29, 1.82) is 0 Å². The van der Waals surface area contributed by atoms with Crippen LogP contribution in [0.2, 0.25) is 0 Å². The minimum Gasteiger partial charge on any atom is -0.343 e. The van der Waals surface area contributed by atoms with E-state index in [1.54, 1.807) is 16.7 Å². The van der Waals surface area contributed by atoms with Crippen LogP contribution in [0.4, 0.5) is 0 Å². The van der Waals surface area contributed by atoms with Crippen molar-refractivity contribution in [1.82, 2.24) is 25.5 Å². The monoisotopic (exact) mass is 291 g/mol. The normalized spacial score (nSPS) is 10.5. The number of thiazole rings is 1. The van der Waals surface area contributed by atoms with Crippen LogP contribution in [0.15, 0.2) is 29.2 Å². The summed E-state index contributed by atoms with van der Waals surface area (Å²) in [5.41, 5.74) is 0.424. The SMILES string of the molecule is O=C(NCc1ncn[nH]1)c1csc(-c2cccs2)n1. The molecule has 0 aliphatic carbocycles. The Balaban J connectivity index is 1.67. The van der Waals surface area contributed by atoms with Crippen LogP contribution >= 0.6 is 22.7 Å². The zero-order valence-corrected chi connectivity index (χ0v) is 11.3. The fourth-order valence-electron chi connectivity index (χ4n) is 1.46. The van der Waals surface area contributed by atoms with E-state index in [1.807, 2.05) is 17.5 Å². The second kappa shape index (κ2) is 5.29. The van der Waals surface area contributed by atoms with Crippen LogP contribution in [0, 0.1) is 0 Å². The summed E-state index contributed by atoms with van der Waals surface area (Å²) in [6, 6.07) is 3.95. The van der Waals surface area contributed by atoms with Gasteiger partial charge >= 0.3 is 0 Å². The number of carbonyl (C=O) groups is 1. The van der Waals surface area contributed by atoms with Crippen LogP contribution in [0.5, 0.6) is 0 Å². The number of hydrogen-bond acceptors (Lipinski definition) is 6. The van der Waals surface area contributed by atoms with E-state index < -0.39 is 0 Å². The number of carbonyl (C=O) groups excluding carboxylic acids is 1. The molecule has 6 nitrogen and oxygen atoms in total. The maximum Gasteiger partial charge on any atom is 0.271 e. The van der Waals surface area contributed by atoms with Crippen LogP contribution < -0.4 is 5.32 Å². The molecule has 0 aromatic carbocycles. The summed E-state index contributed by atoms with van der Waals surface area (Å²) < 4.78 is 0. The molecule has 0 bridgehead atoms. The molecule has 0 saturated heterocycles. The molecule has 3 heterocycles. The van der Waals surface area contributed by atoms with Crippen LogP contribution in [0.1, 0.15) is 16.3 Å². The molecule has 3 rings (SSSR count). The summed E-state index contributed by atoms with van der Waals surface area (Å²) in [6.45, 7) is 0.310. The van der Waals surface area contributed by atoms with Gasteiger partial charge in [-0.15, -0.1) is 22.7 Å². The molecule has 3 aromatic heterocycles. The first-order chi connectivity index (χ1) is 9.33. The van der Waals surface area contributed by atoms with Gasteiger partial charge in [0.05, 0.1) is 11.4 Å². The van der Waals surface area contributed by atoms with E-state index in [-0.39, 0.29) is 5.91 Å². The van der Waals surface area contributed by atoms with Crippen molar-refractivity contribution in [2.24, 2.45) is 0 Å². The Kier molecular flexibility index (Phi) is 3.34. The van der Waals surface area contributed by atoms with Crippen molar-refractivity contribution in [3.8, 4) is 9.88 Å². The third-order valence-electron chi connectivity index (χ3n) is 2.35. The molecule has 96 valence electrons. The molecule has 0 saturated carbocycles. The predicted molar refractivity (Wildman–Crippen MR) is 73.0 cm³/mol. The lowest BCUT2D eigenvalue weighted by atomic mass is 10.4. The number of amides is 1. The van der Waals surface area contributed by atoms with Crippen molar-refractivity contribution >= 4 is 28.6 Å². The highest BCUT2D eigenvalue weighted by atomic mass is 32.1. The average molecular weight is 291 g/mol. The number of nitrogens with one attached hydrogen (secondary N) is 2. The fraction of sp³-hybridized carbons (Fsp3) is 0.0909. The molecule has 0 fully saturated rings. The van der Waals surface area contributed by atoms with Gasteiger partial charge in [-0.2, -0.15) is 5.10 Å². The second-order valence-corrected chi connectivity index (χ2v) is 5.44. The third-order valence-corrected chi connectivity index (χ3v) is 4.23. The van der Waals surface area contributed by atoms with Gasteiger partial charge in [-0.25, -0.2) is 9.97 Å². The molecule has 0 radical (unpaired) electrons. The van der Waals surface area contributed by atoms with Crippen molar-refractivity contribution in [2.45, 2.75) is 6.54 Å². The van der Waals surface area contributed by atoms with Crippen molar-refractivity contribution in [2.75, 3.05) is 0 Å². The van der Waals surface area contributed by atoms with Crippen molar-refractivity contribution in [3.05, 3.63) is 40.7 Å². The van der Waals surface area contributed by atoms with Gasteiger partial charge in [0.15, 0.2) is 0 Å². The van der Waals surface area contributed by atoms with E-state index in [4.69, 9.17) is 0 Å². The Bertz CT molecular complexity index is 659. The van der Waals surface area contributed by atoms with Crippen LogP contribution in [0.25, 0.3) is 9.88 Å². The number of rotatable bonds is 4. The Morgan fingerprint density at radius 3 is 3.11 bits per heavy atom. The number of aromatic amines is 1. The second-order valence-electron chi connectivity index (χ2n) is 3.63. The van der Waals surface area contributed by atoms with Crippen LogP contribution in [-0.2, 0) is 6.54 Å². The lowest BCUT2D eigenvalue weighted by molar-refractivity contribution is 0.0945. The first kappa shape index (κ1) is 12.0. The van der Waals surface area contributed by atoms with Gasteiger partial charge in [0, 0.05) is 5.38 Å². The predicted octanol–water partition coefficient (Wildman–Crippen LogP) is 1.92. The van der Waals surface area contributed by atoms with Gasteiger partial charge in [0.2, 0.25) is 0 Å². The number of aromatic nitrogens is 4. The maximum absolute atomic E-state index is 11.9. The Morgan fingerprint density at radius 1 is 1.42 bits per heavy atom. The van der Waals surface area contributed by atoms with Gasteiger partial charge < -0.3 is 5.32 Å². The Hall–Kier alpha value is -2.06. The summed E-state index contributed by atoms with van der Waals surface area (Å²) >= 11 is 3.07. The zero-order valence-electron chi connectivity index (χ0n) is 9.66. The number of hydrogen-bond donors (Lipinski definition) is 2. The van der Waals surface area contributed by atoms with Crippen LogP contribution in [-0.4, -0.2) is 26.1 Å². The van der Waals surface area contributed by atoms with E-state index in [2.05, 4.69) is 25.5 Å². The Labute approximate surface area is 116 Å². The lowest BCUT2D eigenvalue weighted by Gasteiger charge is -1.99. The Morgan fingerprint density at radius 2 is 2.37 bits per heavy atom. The first-order valence-corrected chi connectivity index (χ1v) is 7.21. The summed E-state index contributed by atoms with van der Waals surface area (Å²) in [5, 5.41) is 13.7. The number of H-pyrrole nitrogens is 1. The third kappa shape index (κ3) is 2.69. The van der Waals surface area contributed by atoms with E-state index >= 15 is 0 Å². The standard InChI is InChI=1S/C11H9N5OS2/c17-10(12-4-9-13-6-14-16-9)7-5-19-11(15-7)8-2-1-3-18-8/h1-3,5-6H,4H2,(H,12,17)(H,13,14,16). The smallest absolute Gasteiger partial charge is 0.271 e. The first-order valence-electron chi connectivity index (χ1n) is 5.45. The average Bonchev–Trinajstić information content (AvgIpc) is 3.14. The van der Waals surface area contributed by atoms with Crippen molar-refractivity contribution < 1.29 is 4.79 Å². The molecule has 0 aliphatic heterocycles. The minimum atomic E-state index is -0.213. The summed E-state index contributed by atoms with van der Waals surface area (Å²) in [4.78, 5) is 21.2. The highest BCUT2D eigenvalue weighted by molar-refractivity contribution is 7.20. The van der Waals surface area contributed by atoms with Gasteiger partial charge in [-0.3, -0.25) is 9.89 Å². The summed E-state index contributed by atoms with van der Waals surface area (Å²) in [6.07, 6.45) is 1.40. The van der Waals surface area contributed by atoms with E-state index in [0.717, 1.165) is 9.88 Å². The molecule has 0 unspecified atom stereocenters. The molecule has 3 aromatic rings. The zero-order chi connectivity index (χ0) is 13.1. The molecule has 0 aliphatic rings. The largest absolute Gasteiger partial charge is 0.343 e. The molecule has 2 N–H and O–H groups in total. The summed E-state index contributed by atoms with van der Waals surface area (Å²) in [5.74, 6) is 0.400. The molecular formula is C11H9N5OS2. The fourth-order valence-corrected chi connectivity index (χ4v) is 3.08. The molecule has 0 atom stereocenters. The highest BCUT2D eigenvalue weighted by Gasteiger charge is 2.12. The molecule has 1 amide bonds. The van der Waals surface area contributed by atoms with Crippen molar-refractivity contribution in [3.63, 3.8) is 0 Å². The van der Waals surface area contributed by atoms with E-state index in [1.165, 1.54) is 17.7 Å². The number of nitrogens with zero attached hydrogens (tertiary/aromatic N) is 3. The minimum absolute atomic E-state index is 0.213. The van der Waals surface area contributed by atoms with Gasteiger partial charge in [0.1, 0.15) is 22.9 Å². The molecular weight excluding hydrogens is 282 g/mol. The highest BCUT2D eigenvalue weighted by Crippen LogP contribution is 2.27. The molecule has 8 heteroatoms. The van der Waals surface area contributed by atoms with E-state index in [0.29, 0.717) is 18.1 Å². The van der Waals surface area contributed by atoms with E-state index in [9.17, 15) is 4.79 Å². The van der Waals surface area contributed by atoms with Gasteiger partial charge in [0.25, 0.3) is 5.91 Å². The van der Waals surface area contributed by atoms with Gasteiger partial charge in [-0.05, 0) is 11.4 Å². The lowest BCUT2D eigenvalue weighted by Crippen LogP contribution is -2.23. The van der Waals surface area contributed by atoms with Crippen LogP contribution in [0.3, 0.4) is 0 Å². The summed E-state index contributed by atoms with van der Waals surface area (Å²) in [7, 11) is 0. The van der Waals surface area contributed by atoms with Gasteiger partial charge in [-0.1, -0.05) is 6.07 Å². The molecule has 19 heavy (non-hydrogen) atoms. The number of thiophene rings is 1. The topological polar surface area (TPSA) is 83.6 Å².